The molecule has 0 fully saturated rings. The average Bonchev–Trinajstić information content (AvgIpc) is 3.14. The third-order valence-corrected chi connectivity index (χ3v) is 5.73. The van der Waals surface area contributed by atoms with Crippen molar-refractivity contribution < 1.29 is 23.9 Å². The van der Waals surface area contributed by atoms with Crippen molar-refractivity contribution in [1.82, 2.24) is 0 Å². The van der Waals surface area contributed by atoms with E-state index in [1.165, 1.54) is 0 Å². The number of esters is 1. The van der Waals surface area contributed by atoms with Crippen LogP contribution in [0, 0.1) is 13.8 Å². The quantitative estimate of drug-likeness (QED) is 0.367. The molecule has 0 saturated heterocycles. The first kappa shape index (κ1) is 23.1. The number of ether oxygens (including phenoxy) is 1. The first-order chi connectivity index (χ1) is 15.3. The van der Waals surface area contributed by atoms with Gasteiger partial charge in [-0.2, -0.15) is 0 Å². The minimum absolute atomic E-state index is 0.0415. The van der Waals surface area contributed by atoms with Crippen molar-refractivity contribution in [2.75, 3.05) is 11.9 Å². The second-order valence-electron chi connectivity index (χ2n) is 7.23. The molecular formula is C25H23NO5S. The van der Waals surface area contributed by atoms with Gasteiger partial charge in [-0.3, -0.25) is 19.2 Å². The van der Waals surface area contributed by atoms with Crippen LogP contribution in [0.25, 0.3) is 0 Å². The van der Waals surface area contributed by atoms with Gasteiger partial charge in [0.25, 0.3) is 5.91 Å². The summed E-state index contributed by atoms with van der Waals surface area (Å²) in [7, 11) is 0. The molecule has 1 N–H and O–H groups in total. The Morgan fingerprint density at radius 1 is 0.844 bits per heavy atom. The number of hydrogen-bond acceptors (Lipinski definition) is 6. The Morgan fingerprint density at radius 2 is 1.53 bits per heavy atom. The van der Waals surface area contributed by atoms with Gasteiger partial charge in [-0.1, -0.05) is 18.2 Å². The van der Waals surface area contributed by atoms with E-state index in [9.17, 15) is 19.2 Å². The summed E-state index contributed by atoms with van der Waals surface area (Å²) < 4.78 is 5.02. The number of thiophene rings is 1. The van der Waals surface area contributed by atoms with Gasteiger partial charge in [0.1, 0.15) is 0 Å². The fourth-order valence-electron chi connectivity index (χ4n) is 3.09. The smallest absolute Gasteiger partial charge is 0.306 e. The van der Waals surface area contributed by atoms with Crippen LogP contribution in [-0.2, 0) is 9.53 Å². The number of nitrogens with one attached hydrogen (secondary N) is 1. The molecule has 0 aliphatic carbocycles. The van der Waals surface area contributed by atoms with Crippen LogP contribution in [0.5, 0.6) is 0 Å². The molecule has 0 atom stereocenters. The van der Waals surface area contributed by atoms with Crippen LogP contribution in [0.4, 0.5) is 5.69 Å². The van der Waals surface area contributed by atoms with Gasteiger partial charge in [-0.15, -0.1) is 11.3 Å². The van der Waals surface area contributed by atoms with E-state index < -0.39 is 12.6 Å². The Balaban J connectivity index is 1.45. The van der Waals surface area contributed by atoms with Gasteiger partial charge < -0.3 is 10.1 Å². The van der Waals surface area contributed by atoms with E-state index in [1.54, 1.807) is 59.9 Å². The van der Waals surface area contributed by atoms with Gasteiger partial charge in [-0.25, -0.2) is 0 Å². The van der Waals surface area contributed by atoms with E-state index in [0.717, 1.165) is 9.75 Å². The molecule has 0 bridgehead atoms. The van der Waals surface area contributed by atoms with Crippen molar-refractivity contribution in [2.24, 2.45) is 0 Å². The lowest BCUT2D eigenvalue weighted by Gasteiger charge is -2.07. The zero-order chi connectivity index (χ0) is 23.1. The van der Waals surface area contributed by atoms with E-state index in [-0.39, 0.29) is 30.3 Å². The first-order valence-electron chi connectivity index (χ1n) is 10.1. The maximum absolute atomic E-state index is 12.3. The van der Waals surface area contributed by atoms with Gasteiger partial charge in [0.2, 0.25) is 0 Å². The molecule has 1 heterocycles. The van der Waals surface area contributed by atoms with Crippen molar-refractivity contribution in [3.63, 3.8) is 0 Å². The van der Waals surface area contributed by atoms with Crippen LogP contribution >= 0.6 is 11.3 Å². The summed E-state index contributed by atoms with van der Waals surface area (Å²) >= 11 is 1.54. The van der Waals surface area contributed by atoms with Crippen molar-refractivity contribution in [1.29, 1.82) is 0 Å². The van der Waals surface area contributed by atoms with Crippen molar-refractivity contribution in [2.45, 2.75) is 26.7 Å². The zero-order valence-electron chi connectivity index (χ0n) is 17.8. The largest absolute Gasteiger partial charge is 0.457 e. The molecule has 0 unspecified atom stereocenters. The summed E-state index contributed by atoms with van der Waals surface area (Å²) in [6.07, 6.45) is -0.0370. The number of Topliss-reactive ketones (excluding diaryl/α,β-unsaturated/α-hetero) is 2. The molecule has 3 rings (SSSR count). The maximum atomic E-state index is 12.3. The summed E-state index contributed by atoms with van der Waals surface area (Å²) in [6.45, 7) is 3.40. The molecule has 6 nitrogen and oxygen atoms in total. The summed E-state index contributed by atoms with van der Waals surface area (Å²) in [5, 5.41) is 2.75. The molecular weight excluding hydrogens is 426 g/mol. The lowest BCUT2D eigenvalue weighted by atomic mass is 10.1. The number of carbonyl (C=O) groups is 4. The van der Waals surface area contributed by atoms with Crippen molar-refractivity contribution in [3.8, 4) is 0 Å². The van der Waals surface area contributed by atoms with Gasteiger partial charge >= 0.3 is 5.97 Å². The van der Waals surface area contributed by atoms with Crippen LogP contribution in [-0.4, -0.2) is 30.0 Å². The lowest BCUT2D eigenvalue weighted by Crippen LogP contribution is -2.15. The van der Waals surface area contributed by atoms with Crippen molar-refractivity contribution in [3.05, 3.63) is 87.1 Å². The van der Waals surface area contributed by atoms with Crippen LogP contribution in [0.1, 0.15) is 53.7 Å². The highest BCUT2D eigenvalue weighted by Crippen LogP contribution is 2.22. The molecule has 0 radical (unpaired) electrons. The Bertz CT molecular complexity index is 1130. The number of hydrogen-bond donors (Lipinski definition) is 1. The highest BCUT2D eigenvalue weighted by molar-refractivity contribution is 7.12. The molecule has 0 spiro atoms. The molecule has 32 heavy (non-hydrogen) atoms. The number of benzene rings is 2. The third kappa shape index (κ3) is 6.21. The Labute approximate surface area is 190 Å². The predicted octanol–water partition coefficient (Wildman–Crippen LogP) is 5.01. The zero-order valence-corrected chi connectivity index (χ0v) is 18.7. The second kappa shape index (κ2) is 10.6. The van der Waals surface area contributed by atoms with E-state index in [0.29, 0.717) is 22.4 Å². The standard InChI is InChI=1S/C25H23NO5S/c1-16-14-21(17(2)32-16)22(27)12-13-24(29)31-15-23(28)18-8-10-20(11-9-18)26-25(30)19-6-4-3-5-7-19/h3-11,14H,12-13,15H2,1-2H3,(H,26,30). The Hall–Kier alpha value is -3.58. The minimum atomic E-state index is -0.594. The predicted molar refractivity (Wildman–Crippen MR) is 123 cm³/mol. The number of rotatable bonds is 9. The topological polar surface area (TPSA) is 89.5 Å². The van der Waals surface area contributed by atoms with Crippen LogP contribution in [0.3, 0.4) is 0 Å². The van der Waals surface area contributed by atoms with E-state index in [4.69, 9.17) is 4.74 Å². The number of anilines is 1. The summed E-state index contributed by atoms with van der Waals surface area (Å²) in [4.78, 5) is 50.6. The Morgan fingerprint density at radius 3 is 2.16 bits per heavy atom. The highest BCUT2D eigenvalue weighted by atomic mass is 32.1. The molecule has 0 saturated carbocycles. The van der Waals surface area contributed by atoms with Crippen molar-refractivity contribution >= 4 is 40.5 Å². The number of ketones is 2. The number of amides is 1. The Kier molecular flexibility index (Phi) is 7.68. The monoisotopic (exact) mass is 449 g/mol. The van der Waals surface area contributed by atoms with Gasteiger partial charge in [0.15, 0.2) is 18.2 Å². The fraction of sp³-hybridized carbons (Fsp3) is 0.200. The summed E-state index contributed by atoms with van der Waals surface area (Å²) in [6, 6.07) is 16.9. The lowest BCUT2D eigenvalue weighted by molar-refractivity contribution is -0.142. The molecule has 0 aliphatic heterocycles. The van der Waals surface area contributed by atoms with Gasteiger partial charge in [0.05, 0.1) is 6.42 Å². The SMILES string of the molecule is Cc1cc(C(=O)CCC(=O)OCC(=O)c2ccc(NC(=O)c3ccccc3)cc2)c(C)s1. The van der Waals surface area contributed by atoms with Gasteiger partial charge in [-0.05, 0) is 56.3 Å². The van der Waals surface area contributed by atoms with E-state index in [1.807, 2.05) is 26.0 Å². The fourth-order valence-corrected chi connectivity index (χ4v) is 4.03. The highest BCUT2D eigenvalue weighted by Gasteiger charge is 2.16. The normalized spacial score (nSPS) is 10.4. The number of carbonyl (C=O) groups excluding carboxylic acids is 4. The summed E-state index contributed by atoms with van der Waals surface area (Å²) in [5.74, 6) is -1.32. The minimum Gasteiger partial charge on any atom is -0.457 e. The van der Waals surface area contributed by atoms with Crippen LogP contribution in [0.15, 0.2) is 60.7 Å². The van der Waals surface area contributed by atoms with Crippen LogP contribution in [0.2, 0.25) is 0 Å². The second-order valence-corrected chi connectivity index (χ2v) is 8.69. The summed E-state index contributed by atoms with van der Waals surface area (Å²) in [5.41, 5.74) is 2.07. The molecule has 1 aromatic heterocycles. The molecule has 0 aliphatic rings. The molecule has 164 valence electrons. The molecule has 2 aromatic carbocycles. The van der Waals surface area contributed by atoms with Gasteiger partial charge in [0, 0.05) is 38.6 Å². The molecule has 1 amide bonds. The van der Waals surface area contributed by atoms with E-state index >= 15 is 0 Å². The van der Waals surface area contributed by atoms with Crippen LogP contribution < -0.4 is 5.32 Å². The average molecular weight is 450 g/mol. The van der Waals surface area contributed by atoms with E-state index in [2.05, 4.69) is 5.32 Å². The maximum Gasteiger partial charge on any atom is 0.306 e. The number of aryl methyl sites for hydroxylation is 2. The molecule has 3 aromatic rings. The third-order valence-electron chi connectivity index (χ3n) is 4.76. The first-order valence-corrected chi connectivity index (χ1v) is 10.9. The molecule has 7 heteroatoms.